The van der Waals surface area contributed by atoms with E-state index in [9.17, 15) is 5.11 Å². The zero-order valence-electron chi connectivity index (χ0n) is 19.6. The van der Waals surface area contributed by atoms with E-state index in [1.807, 2.05) is 0 Å². The molecular weight excluding hydrogens is 368 g/mol. The van der Waals surface area contributed by atoms with E-state index >= 15 is 0 Å². The minimum Gasteiger partial charge on any atom is -0.392 e. The van der Waals surface area contributed by atoms with Crippen LogP contribution in [0, 0.1) is 5.92 Å². The van der Waals surface area contributed by atoms with Crippen LogP contribution in [0.2, 0.25) is 0 Å². The van der Waals surface area contributed by atoms with Crippen molar-refractivity contribution in [1.82, 2.24) is 9.47 Å². The quantitative estimate of drug-likeness (QED) is 0.550. The van der Waals surface area contributed by atoms with Gasteiger partial charge in [-0.2, -0.15) is 0 Å². The first-order chi connectivity index (χ1) is 14.3. The molecule has 3 nitrogen and oxygen atoms in total. The molecule has 0 bridgehead atoms. The average Bonchev–Trinajstić information content (AvgIpc) is 3.14. The van der Waals surface area contributed by atoms with Crippen molar-refractivity contribution in [3.05, 3.63) is 59.4 Å². The summed E-state index contributed by atoms with van der Waals surface area (Å²) in [5, 5.41) is 10.3. The molecule has 1 aliphatic rings. The van der Waals surface area contributed by atoms with Crippen molar-refractivity contribution in [1.29, 1.82) is 0 Å². The molecule has 0 aliphatic heterocycles. The molecule has 30 heavy (non-hydrogen) atoms. The molecule has 3 heteroatoms. The zero-order chi connectivity index (χ0) is 21.6. The van der Waals surface area contributed by atoms with Gasteiger partial charge in [0.15, 0.2) is 0 Å². The van der Waals surface area contributed by atoms with E-state index in [2.05, 4.69) is 79.8 Å². The van der Waals surface area contributed by atoms with E-state index in [-0.39, 0.29) is 11.5 Å². The van der Waals surface area contributed by atoms with Crippen molar-refractivity contribution < 1.29 is 5.11 Å². The lowest BCUT2D eigenvalue weighted by atomic mass is 9.87. The third-order valence-corrected chi connectivity index (χ3v) is 6.66. The SMILES string of the molecule is CCC(O)CN(Cc1cccn1Cc1ccc(C(C)(C)C)cc1)CC1CCCCC1. The first-order valence-electron chi connectivity index (χ1n) is 12.0. The van der Waals surface area contributed by atoms with Gasteiger partial charge < -0.3 is 9.67 Å². The molecular formula is C27H42N2O. The summed E-state index contributed by atoms with van der Waals surface area (Å²) in [6, 6.07) is 13.5. The van der Waals surface area contributed by atoms with Crippen LogP contribution in [0.15, 0.2) is 42.6 Å². The van der Waals surface area contributed by atoms with E-state index in [0.717, 1.165) is 38.5 Å². The second kappa shape index (κ2) is 10.6. The average molecular weight is 411 g/mol. The first-order valence-corrected chi connectivity index (χ1v) is 12.0. The van der Waals surface area contributed by atoms with E-state index in [4.69, 9.17) is 0 Å². The summed E-state index contributed by atoms with van der Waals surface area (Å²) >= 11 is 0. The highest BCUT2D eigenvalue weighted by Gasteiger charge is 2.20. The van der Waals surface area contributed by atoms with Crippen molar-refractivity contribution in [2.75, 3.05) is 13.1 Å². The molecule has 0 radical (unpaired) electrons. The highest BCUT2D eigenvalue weighted by atomic mass is 16.3. The summed E-state index contributed by atoms with van der Waals surface area (Å²) in [5.74, 6) is 0.788. The predicted octanol–water partition coefficient (Wildman–Crippen LogP) is 5.99. The summed E-state index contributed by atoms with van der Waals surface area (Å²) < 4.78 is 2.37. The maximum Gasteiger partial charge on any atom is 0.0664 e. The number of aliphatic hydroxyl groups is 1. The van der Waals surface area contributed by atoms with Crippen LogP contribution < -0.4 is 0 Å². The minimum atomic E-state index is -0.234. The number of rotatable bonds is 9. The third-order valence-electron chi connectivity index (χ3n) is 6.66. The van der Waals surface area contributed by atoms with Crippen molar-refractivity contribution in [2.45, 2.75) is 90.8 Å². The Balaban J connectivity index is 1.67. The van der Waals surface area contributed by atoms with E-state index < -0.39 is 0 Å². The third kappa shape index (κ3) is 6.72. The second-order valence-corrected chi connectivity index (χ2v) is 10.3. The van der Waals surface area contributed by atoms with E-state index in [1.54, 1.807) is 0 Å². The smallest absolute Gasteiger partial charge is 0.0664 e. The Kier molecular flexibility index (Phi) is 8.19. The van der Waals surface area contributed by atoms with Crippen LogP contribution in [0.4, 0.5) is 0 Å². The molecule has 2 aromatic rings. The van der Waals surface area contributed by atoms with Gasteiger partial charge in [0.05, 0.1) is 6.10 Å². The van der Waals surface area contributed by atoms with Crippen molar-refractivity contribution >= 4 is 0 Å². The van der Waals surface area contributed by atoms with Crippen molar-refractivity contribution in [3.63, 3.8) is 0 Å². The highest BCUT2D eigenvalue weighted by molar-refractivity contribution is 5.28. The molecule has 1 aromatic heterocycles. The Bertz CT molecular complexity index is 750. The standard InChI is InChI=1S/C27H42N2O/c1-5-26(30)21-28(18-22-10-7-6-8-11-22)20-25-12-9-17-29(25)19-23-13-15-24(16-14-23)27(2,3)4/h9,12-17,22,26,30H,5-8,10-11,18-21H2,1-4H3. The van der Waals surface area contributed by atoms with Gasteiger partial charge in [0.25, 0.3) is 0 Å². The Morgan fingerprint density at radius 3 is 2.40 bits per heavy atom. The van der Waals surface area contributed by atoms with Gasteiger partial charge in [0.1, 0.15) is 0 Å². The van der Waals surface area contributed by atoms with Gasteiger partial charge in [0.2, 0.25) is 0 Å². The zero-order valence-corrected chi connectivity index (χ0v) is 19.6. The number of hydrogen-bond acceptors (Lipinski definition) is 2. The Hall–Kier alpha value is -1.58. The molecule has 1 aromatic carbocycles. The monoisotopic (exact) mass is 410 g/mol. The van der Waals surface area contributed by atoms with Crippen LogP contribution in [-0.4, -0.2) is 33.8 Å². The fraction of sp³-hybridized carbons (Fsp3) is 0.630. The minimum absolute atomic E-state index is 0.191. The Morgan fingerprint density at radius 1 is 1.07 bits per heavy atom. The Morgan fingerprint density at radius 2 is 1.77 bits per heavy atom. The van der Waals surface area contributed by atoms with E-state index in [0.29, 0.717) is 0 Å². The van der Waals surface area contributed by atoms with Crippen molar-refractivity contribution in [2.24, 2.45) is 5.92 Å². The van der Waals surface area contributed by atoms with Crippen LogP contribution in [0.25, 0.3) is 0 Å². The lowest BCUT2D eigenvalue weighted by Gasteiger charge is -2.31. The molecule has 0 spiro atoms. The topological polar surface area (TPSA) is 28.4 Å². The van der Waals surface area contributed by atoms with Gasteiger partial charge in [-0.05, 0) is 53.9 Å². The maximum absolute atomic E-state index is 10.3. The van der Waals surface area contributed by atoms with Gasteiger partial charge in [-0.25, -0.2) is 0 Å². The number of benzene rings is 1. The van der Waals surface area contributed by atoms with Gasteiger partial charge in [-0.15, -0.1) is 0 Å². The lowest BCUT2D eigenvalue weighted by Crippen LogP contribution is -2.36. The first kappa shape index (κ1) is 23.1. The summed E-state index contributed by atoms with van der Waals surface area (Å²) in [5.41, 5.74) is 4.25. The highest BCUT2D eigenvalue weighted by Crippen LogP contribution is 2.26. The van der Waals surface area contributed by atoms with E-state index in [1.165, 1.54) is 48.9 Å². The maximum atomic E-state index is 10.3. The molecule has 1 N–H and O–H groups in total. The number of aromatic nitrogens is 1. The van der Waals surface area contributed by atoms with Crippen LogP contribution >= 0.6 is 0 Å². The number of hydrogen-bond donors (Lipinski definition) is 1. The normalized spacial score (nSPS) is 16.9. The molecule has 3 rings (SSSR count). The molecule has 0 amide bonds. The fourth-order valence-electron chi connectivity index (χ4n) is 4.65. The lowest BCUT2D eigenvalue weighted by molar-refractivity contribution is 0.0889. The predicted molar refractivity (Wildman–Crippen MR) is 127 cm³/mol. The molecule has 1 saturated carbocycles. The molecule has 1 unspecified atom stereocenters. The van der Waals surface area contributed by atoms with Crippen LogP contribution in [0.3, 0.4) is 0 Å². The molecule has 1 heterocycles. The molecule has 0 saturated heterocycles. The van der Waals surface area contributed by atoms with Gasteiger partial charge in [-0.1, -0.05) is 71.2 Å². The van der Waals surface area contributed by atoms with Crippen LogP contribution in [-0.2, 0) is 18.5 Å². The molecule has 166 valence electrons. The molecule has 1 aliphatic carbocycles. The van der Waals surface area contributed by atoms with Gasteiger partial charge in [-0.3, -0.25) is 4.90 Å². The van der Waals surface area contributed by atoms with Crippen LogP contribution in [0.5, 0.6) is 0 Å². The van der Waals surface area contributed by atoms with Gasteiger partial charge in [0, 0.05) is 38.1 Å². The summed E-state index contributed by atoms with van der Waals surface area (Å²) in [4.78, 5) is 2.50. The molecule has 1 atom stereocenters. The second-order valence-electron chi connectivity index (χ2n) is 10.3. The summed E-state index contributed by atoms with van der Waals surface area (Å²) in [6.45, 7) is 12.6. The van der Waals surface area contributed by atoms with Crippen molar-refractivity contribution in [3.8, 4) is 0 Å². The summed E-state index contributed by atoms with van der Waals surface area (Å²) in [6.07, 6.45) is 9.61. The van der Waals surface area contributed by atoms with Crippen LogP contribution in [0.1, 0.15) is 83.0 Å². The number of nitrogens with zero attached hydrogens (tertiary/aromatic N) is 2. The Labute approximate surface area is 184 Å². The fourth-order valence-corrected chi connectivity index (χ4v) is 4.65. The largest absolute Gasteiger partial charge is 0.392 e. The molecule has 1 fully saturated rings. The number of aliphatic hydroxyl groups excluding tert-OH is 1. The summed E-state index contributed by atoms with van der Waals surface area (Å²) in [7, 11) is 0. The van der Waals surface area contributed by atoms with Gasteiger partial charge >= 0.3 is 0 Å².